The van der Waals surface area contributed by atoms with E-state index >= 15 is 0 Å². The van der Waals surface area contributed by atoms with E-state index in [-0.39, 0.29) is 29.8 Å². The summed E-state index contributed by atoms with van der Waals surface area (Å²) in [6.07, 6.45) is 0. The normalized spacial score (nSPS) is 18.6. The van der Waals surface area contributed by atoms with E-state index in [9.17, 15) is 24.0 Å². The molecule has 0 spiro atoms. The van der Waals surface area contributed by atoms with E-state index < -0.39 is 29.0 Å². The van der Waals surface area contributed by atoms with Gasteiger partial charge in [-0.1, -0.05) is 52.9 Å². The van der Waals surface area contributed by atoms with Gasteiger partial charge in [0.1, 0.15) is 11.8 Å². The molecule has 1 fully saturated rings. The molecule has 0 aliphatic carbocycles. The van der Waals surface area contributed by atoms with E-state index in [1.807, 2.05) is 62.3 Å². The van der Waals surface area contributed by atoms with Crippen LogP contribution >= 0.6 is 23.1 Å². The number of hydrogen-bond acceptors (Lipinski definition) is 9. The number of hydrogen-bond donors (Lipinski definition) is 1. The molecule has 3 atom stereocenters. The van der Waals surface area contributed by atoms with Gasteiger partial charge in [-0.25, -0.2) is 9.69 Å². The summed E-state index contributed by atoms with van der Waals surface area (Å²) in [6.45, 7) is 3.65. The van der Waals surface area contributed by atoms with Gasteiger partial charge in [-0.2, -0.15) is 0 Å². The van der Waals surface area contributed by atoms with Gasteiger partial charge in [-0.3, -0.25) is 23.7 Å². The fraction of sp³-hybridized carbons (Fsp3) is 0.265. The number of nitrogens with one attached hydrogen (secondary N) is 1. The number of imide groups is 1. The molecule has 0 saturated carbocycles. The first-order valence-corrected chi connectivity index (χ1v) is 16.5. The number of benzene rings is 3. The highest BCUT2D eigenvalue weighted by atomic mass is 32.2. The topological polar surface area (TPSA) is 118 Å². The Balaban J connectivity index is 1.38. The molecule has 1 N–H and O–H groups in total. The fourth-order valence-corrected chi connectivity index (χ4v) is 8.56. The Hall–Kier alpha value is -4.68. The Morgan fingerprint density at radius 1 is 0.913 bits per heavy atom. The number of anilines is 3. The van der Waals surface area contributed by atoms with Crippen LogP contribution in [0.15, 0.2) is 82.6 Å². The summed E-state index contributed by atoms with van der Waals surface area (Å²) in [5.74, 6) is -3.04. The van der Waals surface area contributed by atoms with E-state index in [2.05, 4.69) is 5.32 Å². The molecule has 3 heterocycles. The number of amides is 3. The molecule has 3 amide bonds. The molecule has 3 unspecified atom stereocenters. The summed E-state index contributed by atoms with van der Waals surface area (Å²) < 4.78 is 6.47. The summed E-state index contributed by atoms with van der Waals surface area (Å²) in [5.41, 5.74) is 4.07. The number of rotatable bonds is 8. The van der Waals surface area contributed by atoms with Gasteiger partial charge < -0.3 is 15.0 Å². The lowest BCUT2D eigenvalue weighted by Crippen LogP contribution is -2.33. The third-order valence-electron chi connectivity index (χ3n) is 8.09. The molecule has 12 heteroatoms. The number of fused-ring (bicyclic) bond motifs is 2. The Kier molecular flexibility index (Phi) is 8.58. The molecule has 0 radical (unpaired) electrons. The van der Waals surface area contributed by atoms with Gasteiger partial charge in [0.25, 0.3) is 0 Å². The first-order valence-electron chi connectivity index (χ1n) is 14.8. The number of aromatic nitrogens is 1. The Morgan fingerprint density at radius 3 is 2.22 bits per heavy atom. The number of thioether (sulfide) groups is 1. The summed E-state index contributed by atoms with van der Waals surface area (Å²) in [7, 11) is 3.86. The van der Waals surface area contributed by atoms with Crippen molar-refractivity contribution >= 4 is 63.9 Å². The minimum Gasteiger partial charge on any atom is -0.462 e. The fourth-order valence-electron chi connectivity index (χ4n) is 5.79. The second-order valence-electron chi connectivity index (χ2n) is 11.3. The average Bonchev–Trinajstić information content (AvgIpc) is 3.48. The standard InChI is InChI=1S/C34H32N4O6S2/c1-5-44-33(42)21-10-16-24(17-11-21)38-30(40)27-26(20-8-14-23(15-9-20)36(3)4)29-32(45-28(27)31(38)41)37(34(43)46-29)18-25(39)35-22-12-6-19(2)7-13-22/h6-17,26-28H,5,18H2,1-4H3,(H,35,39). The van der Waals surface area contributed by atoms with E-state index in [0.717, 1.165) is 39.9 Å². The second-order valence-corrected chi connectivity index (χ2v) is 13.5. The van der Waals surface area contributed by atoms with Gasteiger partial charge in [0, 0.05) is 36.3 Å². The maximum absolute atomic E-state index is 14.2. The zero-order valence-corrected chi connectivity index (χ0v) is 27.3. The van der Waals surface area contributed by atoms with Crippen LogP contribution in [0.1, 0.15) is 39.2 Å². The van der Waals surface area contributed by atoms with Gasteiger partial charge in [0.05, 0.1) is 28.8 Å². The SMILES string of the molecule is CCOC(=O)c1ccc(N2C(=O)C3Sc4c(sc(=O)n4CC(=O)Nc4ccc(C)cc4)C(c4ccc(N(C)C)cc4)C3C2=O)cc1. The summed E-state index contributed by atoms with van der Waals surface area (Å²) in [4.78, 5) is 70.4. The van der Waals surface area contributed by atoms with Crippen LogP contribution in [0, 0.1) is 12.8 Å². The highest BCUT2D eigenvalue weighted by Gasteiger charge is 2.56. The molecule has 6 rings (SSSR count). The monoisotopic (exact) mass is 656 g/mol. The molecule has 1 saturated heterocycles. The molecule has 10 nitrogen and oxygen atoms in total. The van der Waals surface area contributed by atoms with Crippen molar-refractivity contribution in [2.24, 2.45) is 5.92 Å². The van der Waals surface area contributed by atoms with E-state index in [1.165, 1.54) is 21.6 Å². The van der Waals surface area contributed by atoms with Crippen molar-refractivity contribution in [1.82, 2.24) is 4.57 Å². The van der Waals surface area contributed by atoms with Crippen LogP contribution in [-0.4, -0.2) is 54.2 Å². The quantitative estimate of drug-likeness (QED) is 0.210. The minimum atomic E-state index is -0.830. The van der Waals surface area contributed by atoms with Crippen molar-refractivity contribution in [3.8, 4) is 0 Å². The lowest BCUT2D eigenvalue weighted by atomic mass is 9.83. The molecular formula is C34H32N4O6S2. The largest absolute Gasteiger partial charge is 0.462 e. The number of esters is 1. The maximum Gasteiger partial charge on any atom is 0.338 e. The van der Waals surface area contributed by atoms with Gasteiger partial charge in [-0.05, 0) is 67.9 Å². The molecule has 236 valence electrons. The van der Waals surface area contributed by atoms with Crippen LogP contribution in [0.25, 0.3) is 0 Å². The average molecular weight is 657 g/mol. The zero-order valence-electron chi connectivity index (χ0n) is 25.7. The molecule has 2 aliphatic rings. The van der Waals surface area contributed by atoms with Crippen LogP contribution in [0.3, 0.4) is 0 Å². The Morgan fingerprint density at radius 2 is 1.59 bits per heavy atom. The van der Waals surface area contributed by atoms with E-state index in [0.29, 0.717) is 26.8 Å². The van der Waals surface area contributed by atoms with Crippen molar-refractivity contribution in [3.63, 3.8) is 0 Å². The Labute approximate surface area is 274 Å². The second kappa shape index (κ2) is 12.6. The Bertz CT molecular complexity index is 1880. The lowest BCUT2D eigenvalue weighted by molar-refractivity contribution is -0.122. The highest BCUT2D eigenvalue weighted by Crippen LogP contribution is 2.54. The number of carbonyl (C=O) groups excluding carboxylic acids is 4. The lowest BCUT2D eigenvalue weighted by Gasteiger charge is -2.31. The third-order valence-corrected chi connectivity index (χ3v) is 10.7. The van der Waals surface area contributed by atoms with Crippen LogP contribution in [0.5, 0.6) is 0 Å². The van der Waals surface area contributed by atoms with Crippen molar-refractivity contribution < 1.29 is 23.9 Å². The summed E-state index contributed by atoms with van der Waals surface area (Å²) in [5, 5.41) is 2.52. The first kappa shape index (κ1) is 31.3. The molecule has 0 bridgehead atoms. The van der Waals surface area contributed by atoms with Crippen molar-refractivity contribution in [1.29, 1.82) is 0 Å². The minimum absolute atomic E-state index is 0.226. The van der Waals surface area contributed by atoms with Gasteiger partial charge in [-0.15, -0.1) is 0 Å². The van der Waals surface area contributed by atoms with Crippen LogP contribution in [-0.2, 0) is 25.7 Å². The summed E-state index contributed by atoms with van der Waals surface area (Å²) >= 11 is 2.16. The van der Waals surface area contributed by atoms with Gasteiger partial charge in [0.15, 0.2) is 0 Å². The predicted octanol–water partition coefficient (Wildman–Crippen LogP) is 4.90. The number of carbonyl (C=O) groups is 4. The van der Waals surface area contributed by atoms with Crippen LogP contribution < -0.4 is 20.0 Å². The zero-order chi connectivity index (χ0) is 32.7. The van der Waals surface area contributed by atoms with Crippen LogP contribution in [0.2, 0.25) is 0 Å². The molecule has 46 heavy (non-hydrogen) atoms. The third kappa shape index (κ3) is 5.74. The predicted molar refractivity (Wildman–Crippen MR) is 179 cm³/mol. The number of ether oxygens (including phenoxy) is 1. The van der Waals surface area contributed by atoms with E-state index in [1.54, 1.807) is 31.2 Å². The maximum atomic E-state index is 14.2. The smallest absolute Gasteiger partial charge is 0.338 e. The van der Waals surface area contributed by atoms with Crippen LogP contribution in [0.4, 0.5) is 17.1 Å². The molecule has 4 aromatic rings. The number of nitrogens with zero attached hydrogens (tertiary/aromatic N) is 3. The summed E-state index contributed by atoms with van der Waals surface area (Å²) in [6, 6.07) is 21.3. The van der Waals surface area contributed by atoms with Gasteiger partial charge in [0.2, 0.25) is 17.7 Å². The number of thiazole rings is 1. The van der Waals surface area contributed by atoms with E-state index in [4.69, 9.17) is 4.74 Å². The van der Waals surface area contributed by atoms with Crippen molar-refractivity contribution in [3.05, 3.63) is 104 Å². The van der Waals surface area contributed by atoms with Gasteiger partial charge >= 0.3 is 10.8 Å². The first-order chi connectivity index (χ1) is 22.1. The highest BCUT2D eigenvalue weighted by molar-refractivity contribution is 8.00. The van der Waals surface area contributed by atoms with Crippen molar-refractivity contribution in [2.75, 3.05) is 35.8 Å². The molecular weight excluding hydrogens is 625 g/mol. The molecule has 3 aromatic carbocycles. The molecule has 2 aliphatic heterocycles. The number of aryl methyl sites for hydroxylation is 1. The van der Waals surface area contributed by atoms with Crippen molar-refractivity contribution in [2.45, 2.75) is 36.6 Å². The molecule has 1 aromatic heterocycles.